The molecule has 0 aliphatic rings. The number of benzene rings is 3. The number of hydrogen-bond donors (Lipinski definition) is 1. The lowest BCUT2D eigenvalue weighted by atomic mass is 9.97. The second-order valence-corrected chi connectivity index (χ2v) is 5.19. The molecule has 0 aliphatic carbocycles. The molecule has 3 rings (SSSR count). The van der Waals surface area contributed by atoms with Gasteiger partial charge in [-0.05, 0) is 34.7 Å². The Bertz CT molecular complexity index is 743. The van der Waals surface area contributed by atoms with Crippen molar-refractivity contribution >= 4 is 22.1 Å². The maximum absolute atomic E-state index is 5.77. The summed E-state index contributed by atoms with van der Waals surface area (Å²) < 4.78 is 0. The van der Waals surface area contributed by atoms with Crippen molar-refractivity contribution in [3.63, 3.8) is 0 Å². The molecule has 0 aromatic heterocycles. The van der Waals surface area contributed by atoms with Crippen molar-refractivity contribution in [3.8, 4) is 11.1 Å². The average Bonchev–Trinajstić information content (AvgIpc) is 2.47. The van der Waals surface area contributed by atoms with E-state index in [4.69, 9.17) is 5.73 Å². The van der Waals surface area contributed by atoms with Gasteiger partial charge in [0.25, 0.3) is 0 Å². The van der Waals surface area contributed by atoms with Gasteiger partial charge in [0, 0.05) is 30.9 Å². The third-order valence-corrected chi connectivity index (χ3v) is 3.60. The largest absolute Gasteiger partial charge is 0.399 e. The summed E-state index contributed by atoms with van der Waals surface area (Å²) in [5.74, 6) is 0. The smallest absolute Gasteiger partial charge is 0.0441 e. The van der Waals surface area contributed by atoms with E-state index in [0.717, 1.165) is 5.69 Å². The molecule has 0 saturated heterocycles. The first-order chi connectivity index (χ1) is 9.66. The van der Waals surface area contributed by atoms with Crippen LogP contribution >= 0.6 is 0 Å². The summed E-state index contributed by atoms with van der Waals surface area (Å²) in [6, 6.07) is 20.9. The van der Waals surface area contributed by atoms with E-state index in [0.29, 0.717) is 0 Å². The van der Waals surface area contributed by atoms with Crippen molar-refractivity contribution in [1.29, 1.82) is 0 Å². The zero-order chi connectivity index (χ0) is 14.1. The third kappa shape index (κ3) is 2.10. The highest BCUT2D eigenvalue weighted by atomic mass is 15.1. The van der Waals surface area contributed by atoms with Crippen LogP contribution in [0.2, 0.25) is 0 Å². The molecule has 2 heteroatoms. The molecule has 0 heterocycles. The lowest BCUT2D eigenvalue weighted by Crippen LogP contribution is -2.09. The summed E-state index contributed by atoms with van der Waals surface area (Å²) in [5, 5.41) is 2.54. The van der Waals surface area contributed by atoms with Crippen molar-refractivity contribution in [2.24, 2.45) is 0 Å². The predicted octanol–water partition coefficient (Wildman–Crippen LogP) is 4.16. The molecule has 0 radical (unpaired) electrons. The molecule has 2 N–H and O–H groups in total. The molecular formula is C18H18N2. The SMILES string of the molecule is CN(C)c1ccc(-c2ccc(N)cc2)c2ccccc12. The number of rotatable bonds is 2. The van der Waals surface area contributed by atoms with Crippen LogP contribution in [0, 0.1) is 0 Å². The second-order valence-electron chi connectivity index (χ2n) is 5.19. The Balaban J connectivity index is 2.27. The number of nitrogen functional groups attached to an aromatic ring is 1. The molecule has 0 bridgehead atoms. The minimum Gasteiger partial charge on any atom is -0.399 e. The summed E-state index contributed by atoms with van der Waals surface area (Å²) >= 11 is 0. The van der Waals surface area contributed by atoms with Crippen molar-refractivity contribution in [3.05, 3.63) is 60.7 Å². The van der Waals surface area contributed by atoms with Gasteiger partial charge in [-0.15, -0.1) is 0 Å². The van der Waals surface area contributed by atoms with Crippen LogP contribution in [-0.2, 0) is 0 Å². The average molecular weight is 262 g/mol. The fourth-order valence-corrected chi connectivity index (χ4v) is 2.59. The highest BCUT2D eigenvalue weighted by molar-refractivity contribution is 6.03. The lowest BCUT2D eigenvalue weighted by Gasteiger charge is -2.17. The molecule has 100 valence electrons. The van der Waals surface area contributed by atoms with Gasteiger partial charge in [-0.2, -0.15) is 0 Å². The van der Waals surface area contributed by atoms with Gasteiger partial charge in [0.05, 0.1) is 0 Å². The van der Waals surface area contributed by atoms with Crippen LogP contribution in [0.4, 0.5) is 11.4 Å². The summed E-state index contributed by atoms with van der Waals surface area (Å²) in [5.41, 5.74) is 10.2. The van der Waals surface area contributed by atoms with E-state index in [1.807, 2.05) is 12.1 Å². The fraction of sp³-hybridized carbons (Fsp3) is 0.111. The van der Waals surface area contributed by atoms with Crippen molar-refractivity contribution in [2.45, 2.75) is 0 Å². The van der Waals surface area contributed by atoms with E-state index < -0.39 is 0 Å². The maximum Gasteiger partial charge on any atom is 0.0441 e. The normalized spacial score (nSPS) is 10.7. The maximum atomic E-state index is 5.77. The van der Waals surface area contributed by atoms with Gasteiger partial charge >= 0.3 is 0 Å². The number of nitrogens with two attached hydrogens (primary N) is 1. The van der Waals surface area contributed by atoms with Crippen LogP contribution < -0.4 is 10.6 Å². The second kappa shape index (κ2) is 4.89. The van der Waals surface area contributed by atoms with E-state index in [1.54, 1.807) is 0 Å². The van der Waals surface area contributed by atoms with Gasteiger partial charge in [0.1, 0.15) is 0 Å². The number of hydrogen-bond acceptors (Lipinski definition) is 2. The molecule has 0 aliphatic heterocycles. The molecule has 0 atom stereocenters. The van der Waals surface area contributed by atoms with E-state index in [-0.39, 0.29) is 0 Å². The molecule has 3 aromatic rings. The summed E-state index contributed by atoms with van der Waals surface area (Å²) in [4.78, 5) is 2.15. The number of nitrogens with zero attached hydrogens (tertiary/aromatic N) is 1. The molecule has 0 unspecified atom stereocenters. The van der Waals surface area contributed by atoms with Gasteiger partial charge in [0.15, 0.2) is 0 Å². The zero-order valence-electron chi connectivity index (χ0n) is 11.8. The molecule has 0 saturated carbocycles. The molecule has 0 spiro atoms. The molecule has 0 amide bonds. The minimum atomic E-state index is 0.794. The van der Waals surface area contributed by atoms with Crippen LogP contribution in [0.5, 0.6) is 0 Å². The van der Waals surface area contributed by atoms with Crippen molar-refractivity contribution < 1.29 is 0 Å². The Labute approximate surface area is 119 Å². The topological polar surface area (TPSA) is 29.3 Å². The fourth-order valence-electron chi connectivity index (χ4n) is 2.59. The van der Waals surface area contributed by atoms with Crippen molar-refractivity contribution in [1.82, 2.24) is 0 Å². The van der Waals surface area contributed by atoms with Gasteiger partial charge in [-0.3, -0.25) is 0 Å². The first-order valence-corrected chi connectivity index (χ1v) is 6.72. The van der Waals surface area contributed by atoms with E-state index in [2.05, 4.69) is 67.5 Å². The Hall–Kier alpha value is -2.48. The first kappa shape index (κ1) is 12.5. The van der Waals surface area contributed by atoms with Crippen LogP contribution in [0.1, 0.15) is 0 Å². The van der Waals surface area contributed by atoms with Gasteiger partial charge in [0.2, 0.25) is 0 Å². The van der Waals surface area contributed by atoms with Crippen LogP contribution in [-0.4, -0.2) is 14.1 Å². The quantitative estimate of drug-likeness (QED) is 0.703. The molecule has 3 aromatic carbocycles. The number of anilines is 2. The number of fused-ring (bicyclic) bond motifs is 1. The highest BCUT2D eigenvalue weighted by Crippen LogP contribution is 2.34. The predicted molar refractivity (Wildman–Crippen MR) is 88.1 cm³/mol. The molecular weight excluding hydrogens is 244 g/mol. The van der Waals surface area contributed by atoms with Gasteiger partial charge < -0.3 is 10.6 Å². The van der Waals surface area contributed by atoms with E-state index in [9.17, 15) is 0 Å². The molecule has 20 heavy (non-hydrogen) atoms. The summed E-state index contributed by atoms with van der Waals surface area (Å²) in [7, 11) is 4.15. The van der Waals surface area contributed by atoms with E-state index >= 15 is 0 Å². The van der Waals surface area contributed by atoms with Crippen LogP contribution in [0.25, 0.3) is 21.9 Å². The van der Waals surface area contributed by atoms with Crippen molar-refractivity contribution in [2.75, 3.05) is 24.7 Å². The van der Waals surface area contributed by atoms with E-state index in [1.165, 1.54) is 27.6 Å². The zero-order valence-corrected chi connectivity index (χ0v) is 11.8. The van der Waals surface area contributed by atoms with Crippen LogP contribution in [0.15, 0.2) is 60.7 Å². The van der Waals surface area contributed by atoms with Crippen LogP contribution in [0.3, 0.4) is 0 Å². The lowest BCUT2D eigenvalue weighted by molar-refractivity contribution is 1.14. The molecule has 2 nitrogen and oxygen atoms in total. The monoisotopic (exact) mass is 262 g/mol. The minimum absolute atomic E-state index is 0.794. The first-order valence-electron chi connectivity index (χ1n) is 6.72. The third-order valence-electron chi connectivity index (χ3n) is 3.60. The summed E-state index contributed by atoms with van der Waals surface area (Å²) in [6.45, 7) is 0. The standard InChI is InChI=1S/C18H18N2/c1-20(2)18-12-11-15(13-7-9-14(19)10-8-13)16-5-3-4-6-17(16)18/h3-12H,19H2,1-2H3. The Morgan fingerprint density at radius 2 is 1.40 bits per heavy atom. The Morgan fingerprint density at radius 3 is 2.05 bits per heavy atom. The highest BCUT2D eigenvalue weighted by Gasteiger charge is 2.08. The van der Waals surface area contributed by atoms with Gasteiger partial charge in [-0.25, -0.2) is 0 Å². The van der Waals surface area contributed by atoms with Gasteiger partial charge in [-0.1, -0.05) is 42.5 Å². The Morgan fingerprint density at radius 1 is 0.750 bits per heavy atom. The Kier molecular flexibility index (Phi) is 3.07. The molecule has 0 fully saturated rings. The summed E-state index contributed by atoms with van der Waals surface area (Å²) in [6.07, 6.45) is 0.